The Morgan fingerprint density at radius 1 is 1.12 bits per heavy atom. The summed E-state index contributed by atoms with van der Waals surface area (Å²) in [6.07, 6.45) is 0. The van der Waals surface area contributed by atoms with Crippen LogP contribution < -0.4 is 5.73 Å². The molecule has 24 heavy (non-hydrogen) atoms. The van der Waals surface area contributed by atoms with Gasteiger partial charge in [-0.1, -0.05) is 51.8 Å². The normalized spacial score (nSPS) is 10.4. The Kier molecular flexibility index (Phi) is 4.57. The number of anilines is 1. The fourth-order valence-corrected chi connectivity index (χ4v) is 3.16. The molecule has 0 saturated heterocycles. The van der Waals surface area contributed by atoms with Gasteiger partial charge in [-0.15, -0.1) is 0 Å². The van der Waals surface area contributed by atoms with E-state index in [0.29, 0.717) is 10.6 Å². The molecule has 0 aliphatic carbocycles. The van der Waals surface area contributed by atoms with Gasteiger partial charge >= 0.3 is 0 Å². The molecule has 3 rings (SSSR count). The fourth-order valence-electron chi connectivity index (χ4n) is 2.70. The van der Waals surface area contributed by atoms with E-state index < -0.39 is 0 Å². The average Bonchev–Trinajstić information content (AvgIpc) is 2.57. The molecule has 5 heteroatoms. The third kappa shape index (κ3) is 3.01. The first-order valence-corrected chi connectivity index (χ1v) is 8.40. The van der Waals surface area contributed by atoms with Crippen LogP contribution in [0, 0.1) is 18.3 Å². The van der Waals surface area contributed by atoms with Crippen molar-refractivity contribution in [2.75, 3.05) is 5.73 Å². The van der Waals surface area contributed by atoms with Gasteiger partial charge < -0.3 is 5.73 Å². The number of pyridine rings is 1. The summed E-state index contributed by atoms with van der Waals surface area (Å²) in [5.41, 5.74) is 10.7. The molecule has 0 radical (unpaired) electrons. The Bertz CT molecular complexity index is 960. The number of nitriles is 1. The summed E-state index contributed by atoms with van der Waals surface area (Å²) in [6, 6.07) is 17.4. The van der Waals surface area contributed by atoms with Crippen LogP contribution in [0.2, 0.25) is 5.02 Å². The molecule has 118 valence electrons. The molecule has 0 saturated carbocycles. The molecule has 1 heterocycles. The zero-order valence-corrected chi connectivity index (χ0v) is 15.2. The van der Waals surface area contributed by atoms with Crippen LogP contribution in [0.3, 0.4) is 0 Å². The van der Waals surface area contributed by atoms with Gasteiger partial charge in [0.25, 0.3) is 0 Å². The van der Waals surface area contributed by atoms with Crippen molar-refractivity contribution >= 4 is 33.3 Å². The maximum atomic E-state index is 9.54. The summed E-state index contributed by atoms with van der Waals surface area (Å²) in [7, 11) is 0. The summed E-state index contributed by atoms with van der Waals surface area (Å²) >= 11 is 9.53. The number of aromatic nitrogens is 1. The number of nitrogens with two attached hydrogens (primary N) is 1. The Morgan fingerprint density at radius 3 is 2.46 bits per heavy atom. The zero-order chi connectivity index (χ0) is 17.3. The standard InChI is InChI=1S/C19H13BrClN3/c1-11-17(12-5-7-14(20)8-6-12)16(10-22)19(23)24-18(11)13-3-2-4-15(21)9-13/h2-9H,1H3,(H2,23,24). The SMILES string of the molecule is Cc1c(-c2cccc(Cl)c2)nc(N)c(C#N)c1-c1ccc(Br)cc1. The zero-order valence-electron chi connectivity index (χ0n) is 12.8. The van der Waals surface area contributed by atoms with E-state index in [9.17, 15) is 5.26 Å². The number of hydrogen-bond acceptors (Lipinski definition) is 3. The molecule has 0 spiro atoms. The molecule has 0 unspecified atom stereocenters. The summed E-state index contributed by atoms with van der Waals surface area (Å²) in [6.45, 7) is 1.95. The molecular formula is C19H13BrClN3. The van der Waals surface area contributed by atoms with Crippen molar-refractivity contribution in [3.05, 3.63) is 69.2 Å². The highest BCUT2D eigenvalue weighted by Gasteiger charge is 2.18. The minimum Gasteiger partial charge on any atom is -0.383 e. The maximum Gasteiger partial charge on any atom is 0.142 e. The van der Waals surface area contributed by atoms with Crippen LogP contribution >= 0.6 is 27.5 Å². The highest BCUT2D eigenvalue weighted by atomic mass is 79.9. The minimum absolute atomic E-state index is 0.219. The van der Waals surface area contributed by atoms with E-state index in [-0.39, 0.29) is 5.82 Å². The molecule has 0 fully saturated rings. The summed E-state index contributed by atoms with van der Waals surface area (Å²) in [5.74, 6) is 0.219. The monoisotopic (exact) mass is 397 g/mol. The van der Waals surface area contributed by atoms with Gasteiger partial charge in [0.1, 0.15) is 17.5 Å². The van der Waals surface area contributed by atoms with Gasteiger partial charge in [-0.2, -0.15) is 5.26 Å². The molecular weight excluding hydrogens is 386 g/mol. The lowest BCUT2D eigenvalue weighted by atomic mass is 9.93. The highest BCUT2D eigenvalue weighted by molar-refractivity contribution is 9.10. The number of nitrogen functional groups attached to an aromatic ring is 1. The quantitative estimate of drug-likeness (QED) is 0.611. The van der Waals surface area contributed by atoms with Crippen molar-refractivity contribution in [1.29, 1.82) is 5.26 Å². The van der Waals surface area contributed by atoms with E-state index in [1.54, 1.807) is 0 Å². The van der Waals surface area contributed by atoms with Crippen LogP contribution in [0.15, 0.2) is 53.0 Å². The summed E-state index contributed by atoms with van der Waals surface area (Å²) < 4.78 is 0.972. The number of nitrogens with zero attached hydrogens (tertiary/aromatic N) is 2. The van der Waals surface area contributed by atoms with E-state index in [4.69, 9.17) is 17.3 Å². The third-order valence-corrected chi connectivity index (χ3v) is 4.58. The molecule has 2 N–H and O–H groups in total. The van der Waals surface area contributed by atoms with Gasteiger partial charge in [-0.05, 0) is 42.3 Å². The lowest BCUT2D eigenvalue weighted by molar-refractivity contribution is 1.26. The topological polar surface area (TPSA) is 62.7 Å². The molecule has 0 atom stereocenters. The molecule has 3 aromatic rings. The van der Waals surface area contributed by atoms with Crippen LogP contribution in [-0.4, -0.2) is 4.98 Å². The lowest BCUT2D eigenvalue weighted by Gasteiger charge is -2.15. The second-order valence-corrected chi connectivity index (χ2v) is 6.70. The van der Waals surface area contributed by atoms with E-state index >= 15 is 0 Å². The molecule has 2 aromatic carbocycles. The van der Waals surface area contributed by atoms with E-state index in [0.717, 1.165) is 32.4 Å². The van der Waals surface area contributed by atoms with Gasteiger partial charge in [0, 0.05) is 20.6 Å². The molecule has 0 amide bonds. The smallest absolute Gasteiger partial charge is 0.142 e. The first-order valence-electron chi connectivity index (χ1n) is 7.23. The van der Waals surface area contributed by atoms with Crippen molar-refractivity contribution in [2.24, 2.45) is 0 Å². The van der Waals surface area contributed by atoms with Crippen LogP contribution in [0.4, 0.5) is 5.82 Å². The lowest BCUT2D eigenvalue weighted by Crippen LogP contribution is -2.03. The van der Waals surface area contributed by atoms with Crippen LogP contribution in [0.5, 0.6) is 0 Å². The predicted octanol–water partition coefficient (Wildman–Crippen LogP) is 5.59. The van der Waals surface area contributed by atoms with Gasteiger partial charge in [0.05, 0.1) is 5.69 Å². The summed E-state index contributed by atoms with van der Waals surface area (Å²) in [5, 5.41) is 10.2. The molecule has 0 aliphatic rings. The highest BCUT2D eigenvalue weighted by Crippen LogP contribution is 2.36. The summed E-state index contributed by atoms with van der Waals surface area (Å²) in [4.78, 5) is 4.45. The largest absolute Gasteiger partial charge is 0.383 e. The molecule has 0 bridgehead atoms. The first-order chi connectivity index (χ1) is 11.5. The van der Waals surface area contributed by atoms with Crippen molar-refractivity contribution in [1.82, 2.24) is 4.98 Å². The molecule has 0 aliphatic heterocycles. The second-order valence-electron chi connectivity index (χ2n) is 5.35. The van der Waals surface area contributed by atoms with Crippen LogP contribution in [0.1, 0.15) is 11.1 Å². The van der Waals surface area contributed by atoms with Crippen molar-refractivity contribution < 1.29 is 0 Å². The van der Waals surface area contributed by atoms with Crippen molar-refractivity contribution in [3.63, 3.8) is 0 Å². The van der Waals surface area contributed by atoms with Gasteiger partial charge in [0.2, 0.25) is 0 Å². The average molecular weight is 399 g/mol. The number of halogens is 2. The Morgan fingerprint density at radius 2 is 1.83 bits per heavy atom. The number of benzene rings is 2. The van der Waals surface area contributed by atoms with Crippen LogP contribution in [-0.2, 0) is 0 Å². The Labute approximate surface area is 153 Å². The van der Waals surface area contributed by atoms with E-state index in [1.165, 1.54) is 0 Å². The molecule has 3 nitrogen and oxygen atoms in total. The third-order valence-electron chi connectivity index (χ3n) is 3.81. The Balaban J connectivity index is 2.32. The van der Waals surface area contributed by atoms with Gasteiger partial charge in [0.15, 0.2) is 0 Å². The Hall–Kier alpha value is -2.35. The van der Waals surface area contributed by atoms with E-state index in [1.807, 2.05) is 55.5 Å². The minimum atomic E-state index is 0.219. The van der Waals surface area contributed by atoms with Gasteiger partial charge in [-0.25, -0.2) is 4.98 Å². The number of hydrogen-bond donors (Lipinski definition) is 1. The van der Waals surface area contributed by atoms with Gasteiger partial charge in [-0.3, -0.25) is 0 Å². The maximum absolute atomic E-state index is 9.54. The van der Waals surface area contributed by atoms with E-state index in [2.05, 4.69) is 27.0 Å². The number of rotatable bonds is 2. The van der Waals surface area contributed by atoms with Crippen molar-refractivity contribution in [2.45, 2.75) is 6.92 Å². The first kappa shape index (κ1) is 16.5. The fraction of sp³-hybridized carbons (Fsp3) is 0.0526. The molecule has 1 aromatic heterocycles. The van der Waals surface area contributed by atoms with Crippen molar-refractivity contribution in [3.8, 4) is 28.5 Å². The van der Waals surface area contributed by atoms with Crippen LogP contribution in [0.25, 0.3) is 22.4 Å². The second kappa shape index (κ2) is 6.64. The predicted molar refractivity (Wildman–Crippen MR) is 102 cm³/mol.